The zero-order chi connectivity index (χ0) is 7.98. The molecular weight excluding hydrogens is 148 g/mol. The Hall–Kier alpha value is -0.630. The van der Waals surface area contributed by atoms with Crippen LogP contribution in [0.2, 0.25) is 0 Å². The summed E-state index contributed by atoms with van der Waals surface area (Å²) in [6.45, 7) is 3.78. The molecule has 10 heavy (non-hydrogen) atoms. The molecule has 0 atom stereocenters. The fraction of sp³-hybridized carbons (Fsp3) is 0.429. The third-order valence-electron chi connectivity index (χ3n) is 1.02. The molecule has 0 unspecified atom stereocenters. The van der Waals surface area contributed by atoms with E-state index < -0.39 is 0 Å². The molecule has 0 aliphatic heterocycles. The van der Waals surface area contributed by atoms with Crippen LogP contribution < -0.4 is 0 Å². The quantitative estimate of drug-likeness (QED) is 0.551. The van der Waals surface area contributed by atoms with Gasteiger partial charge in [-0.05, 0) is 19.9 Å². The van der Waals surface area contributed by atoms with Gasteiger partial charge in [-0.1, -0.05) is 11.6 Å². The second kappa shape index (κ2) is 5.18. The summed E-state index contributed by atoms with van der Waals surface area (Å²) in [5.41, 5.74) is 3.05. The zero-order valence-corrected chi connectivity index (χ0v) is 7.18. The Morgan fingerprint density at radius 2 is 2.00 bits per heavy atom. The van der Waals surface area contributed by atoms with E-state index in [0.717, 1.165) is 11.4 Å². The van der Waals surface area contributed by atoms with Crippen LogP contribution in [-0.2, 0) is 0 Å². The second-order valence-electron chi connectivity index (χ2n) is 1.88. The van der Waals surface area contributed by atoms with Crippen LogP contribution in [0.4, 0.5) is 0 Å². The summed E-state index contributed by atoms with van der Waals surface area (Å²) in [6, 6.07) is 0. The molecule has 0 rings (SSSR count). The van der Waals surface area contributed by atoms with E-state index in [-0.39, 0.29) is 0 Å². The first-order valence-corrected chi connectivity index (χ1v) is 3.38. The first-order chi connectivity index (χ1) is 4.70. The van der Waals surface area contributed by atoms with E-state index in [4.69, 9.17) is 11.6 Å². The number of halogens is 1. The largest absolute Gasteiger partial charge is 0.293 e. The highest BCUT2D eigenvalue weighted by Gasteiger charge is 1.83. The monoisotopic (exact) mass is 158 g/mol. The highest BCUT2D eigenvalue weighted by molar-refractivity contribution is 6.56. The molecule has 0 radical (unpaired) electrons. The van der Waals surface area contributed by atoms with Crippen molar-refractivity contribution in [3.05, 3.63) is 11.8 Å². The molecule has 0 aromatic rings. The summed E-state index contributed by atoms with van der Waals surface area (Å²) in [4.78, 5) is 7.77. The molecule has 2 nitrogen and oxygen atoms in total. The number of hydrogen-bond donors (Lipinski definition) is 0. The van der Waals surface area contributed by atoms with Gasteiger partial charge in [-0.25, -0.2) is 4.99 Å². The minimum absolute atomic E-state index is 0.859. The number of aliphatic imine (C=N–C) groups is 2. The first-order valence-electron chi connectivity index (χ1n) is 2.95. The van der Waals surface area contributed by atoms with E-state index in [1.165, 1.54) is 5.67 Å². The van der Waals surface area contributed by atoms with Gasteiger partial charge in [0.2, 0.25) is 0 Å². The van der Waals surface area contributed by atoms with Crippen molar-refractivity contribution in [2.75, 3.05) is 7.05 Å². The SMILES string of the molecule is CN=C(C)/C=C(/C)N=CCl. The molecule has 0 spiro atoms. The maximum absolute atomic E-state index is 5.25. The van der Waals surface area contributed by atoms with Gasteiger partial charge in [-0.3, -0.25) is 4.99 Å². The van der Waals surface area contributed by atoms with Crippen molar-refractivity contribution in [2.24, 2.45) is 9.98 Å². The molecule has 0 bridgehead atoms. The van der Waals surface area contributed by atoms with Crippen molar-refractivity contribution >= 4 is 23.0 Å². The molecule has 0 amide bonds. The van der Waals surface area contributed by atoms with E-state index in [2.05, 4.69) is 9.98 Å². The Bertz CT molecular complexity index is 180. The van der Waals surface area contributed by atoms with Crippen LogP contribution in [0.3, 0.4) is 0 Å². The van der Waals surface area contributed by atoms with Crippen molar-refractivity contribution in [2.45, 2.75) is 13.8 Å². The summed E-state index contributed by atoms with van der Waals surface area (Å²) in [6.07, 6.45) is 1.86. The molecule has 0 N–H and O–H groups in total. The molecule has 0 saturated heterocycles. The van der Waals surface area contributed by atoms with Crippen molar-refractivity contribution < 1.29 is 0 Å². The summed E-state index contributed by atoms with van der Waals surface area (Å²) in [5.74, 6) is 0. The molecule has 0 aromatic heterocycles. The fourth-order valence-corrected chi connectivity index (χ4v) is 0.635. The van der Waals surface area contributed by atoms with Gasteiger partial charge in [0.15, 0.2) is 0 Å². The zero-order valence-electron chi connectivity index (χ0n) is 6.43. The third-order valence-corrected chi connectivity index (χ3v) is 1.12. The minimum Gasteiger partial charge on any atom is -0.293 e. The summed E-state index contributed by atoms with van der Waals surface area (Å²) >= 11 is 5.25. The lowest BCUT2D eigenvalue weighted by atomic mass is 10.3. The van der Waals surface area contributed by atoms with Gasteiger partial charge in [0.1, 0.15) is 0 Å². The molecule has 0 aliphatic carbocycles. The van der Waals surface area contributed by atoms with Crippen LogP contribution in [-0.4, -0.2) is 18.4 Å². The highest BCUT2D eigenvalue weighted by atomic mass is 35.5. The Morgan fingerprint density at radius 1 is 1.40 bits per heavy atom. The van der Waals surface area contributed by atoms with Gasteiger partial charge in [0.25, 0.3) is 0 Å². The van der Waals surface area contributed by atoms with Crippen LogP contribution in [0.15, 0.2) is 21.8 Å². The molecular formula is C7H11ClN2. The van der Waals surface area contributed by atoms with Gasteiger partial charge in [-0.15, -0.1) is 0 Å². The Morgan fingerprint density at radius 3 is 2.40 bits per heavy atom. The van der Waals surface area contributed by atoms with Crippen molar-refractivity contribution in [1.29, 1.82) is 0 Å². The van der Waals surface area contributed by atoms with Crippen LogP contribution in [0.1, 0.15) is 13.8 Å². The third kappa shape index (κ3) is 4.27. The van der Waals surface area contributed by atoms with Crippen molar-refractivity contribution in [1.82, 2.24) is 0 Å². The lowest BCUT2D eigenvalue weighted by molar-refractivity contribution is 1.32. The standard InChI is InChI=1S/C7H11ClN2/c1-6(9-3)4-7(2)10-5-8/h4-5H,1-3H3/b7-4-,9-6?,10-5?. The summed E-state index contributed by atoms with van der Waals surface area (Å²) < 4.78 is 0. The number of nitrogens with zero attached hydrogens (tertiary/aromatic N) is 2. The van der Waals surface area contributed by atoms with Crippen LogP contribution >= 0.6 is 11.6 Å². The topological polar surface area (TPSA) is 24.7 Å². The van der Waals surface area contributed by atoms with E-state index in [1.54, 1.807) is 7.05 Å². The normalized spacial score (nSPS) is 14.8. The Kier molecular flexibility index (Phi) is 4.85. The molecule has 3 heteroatoms. The van der Waals surface area contributed by atoms with E-state index in [1.807, 2.05) is 19.9 Å². The Balaban J connectivity index is 4.16. The lowest BCUT2D eigenvalue weighted by Gasteiger charge is -1.89. The van der Waals surface area contributed by atoms with Gasteiger partial charge in [0.05, 0.1) is 5.67 Å². The van der Waals surface area contributed by atoms with Gasteiger partial charge in [0, 0.05) is 18.5 Å². The van der Waals surface area contributed by atoms with E-state index in [9.17, 15) is 0 Å². The summed E-state index contributed by atoms with van der Waals surface area (Å²) in [5, 5.41) is 0. The lowest BCUT2D eigenvalue weighted by Crippen LogP contribution is -1.84. The average Bonchev–Trinajstić information content (AvgIpc) is 1.88. The maximum Gasteiger partial charge on any atom is 0.0929 e. The number of hydrogen-bond acceptors (Lipinski definition) is 2. The molecule has 0 aliphatic rings. The smallest absolute Gasteiger partial charge is 0.0929 e. The molecule has 56 valence electrons. The van der Waals surface area contributed by atoms with Crippen LogP contribution in [0, 0.1) is 0 Å². The molecule has 0 fully saturated rings. The predicted octanol–water partition coefficient (Wildman–Crippen LogP) is 2.25. The van der Waals surface area contributed by atoms with Crippen LogP contribution in [0.5, 0.6) is 0 Å². The van der Waals surface area contributed by atoms with Crippen molar-refractivity contribution in [3.8, 4) is 0 Å². The summed E-state index contributed by atoms with van der Waals surface area (Å²) in [7, 11) is 1.74. The molecule has 0 saturated carbocycles. The van der Waals surface area contributed by atoms with Crippen molar-refractivity contribution in [3.63, 3.8) is 0 Å². The van der Waals surface area contributed by atoms with E-state index in [0.29, 0.717) is 0 Å². The first kappa shape index (κ1) is 9.37. The molecule has 0 heterocycles. The van der Waals surface area contributed by atoms with E-state index >= 15 is 0 Å². The maximum atomic E-state index is 5.25. The highest BCUT2D eigenvalue weighted by Crippen LogP contribution is 1.94. The second-order valence-corrected chi connectivity index (χ2v) is 2.07. The minimum atomic E-state index is 0.859. The molecule has 0 aromatic carbocycles. The Labute approximate surface area is 66.3 Å². The van der Waals surface area contributed by atoms with Gasteiger partial charge >= 0.3 is 0 Å². The van der Waals surface area contributed by atoms with Crippen LogP contribution in [0.25, 0.3) is 0 Å². The average molecular weight is 159 g/mol. The van der Waals surface area contributed by atoms with Gasteiger partial charge in [-0.2, -0.15) is 0 Å². The number of allylic oxidation sites excluding steroid dienone is 2. The number of rotatable bonds is 2. The predicted molar refractivity (Wildman–Crippen MR) is 47.1 cm³/mol. The fourth-order valence-electron chi connectivity index (χ4n) is 0.481. The van der Waals surface area contributed by atoms with Gasteiger partial charge < -0.3 is 0 Å².